The number of nitrogens with zero attached hydrogens (tertiary/aromatic N) is 2. The summed E-state index contributed by atoms with van der Waals surface area (Å²) < 4.78 is 1.88. The van der Waals surface area contributed by atoms with Crippen LogP contribution in [0.2, 0.25) is 0 Å². The van der Waals surface area contributed by atoms with E-state index in [2.05, 4.69) is 11.9 Å². The zero-order valence-electron chi connectivity index (χ0n) is 9.11. The highest BCUT2D eigenvalue weighted by Gasteiger charge is 2.10. The third kappa shape index (κ3) is 3.14. The van der Waals surface area contributed by atoms with E-state index >= 15 is 0 Å². The summed E-state index contributed by atoms with van der Waals surface area (Å²) in [5.74, 6) is 0.779. The second kappa shape index (κ2) is 5.81. The fourth-order valence-electron chi connectivity index (χ4n) is 1.59. The molecule has 1 atom stereocenters. The van der Waals surface area contributed by atoms with Crippen LogP contribution in [0.3, 0.4) is 0 Å². The molecule has 0 spiro atoms. The van der Waals surface area contributed by atoms with Crippen LogP contribution in [0.15, 0.2) is 12.4 Å². The number of aliphatic hydroxyl groups is 1. The van der Waals surface area contributed by atoms with Gasteiger partial charge < -0.3 is 9.67 Å². The molecule has 1 aromatic heterocycles. The van der Waals surface area contributed by atoms with E-state index in [1.165, 1.54) is 19.3 Å². The summed E-state index contributed by atoms with van der Waals surface area (Å²) in [4.78, 5) is 4.13. The van der Waals surface area contributed by atoms with Crippen LogP contribution in [0.25, 0.3) is 0 Å². The first-order valence-electron chi connectivity index (χ1n) is 5.41. The fraction of sp³-hybridized carbons (Fsp3) is 0.727. The molecule has 0 bridgehead atoms. The van der Waals surface area contributed by atoms with Gasteiger partial charge >= 0.3 is 0 Å². The van der Waals surface area contributed by atoms with Crippen molar-refractivity contribution < 1.29 is 5.11 Å². The van der Waals surface area contributed by atoms with E-state index < -0.39 is 6.10 Å². The Balaban J connectivity index is 2.28. The summed E-state index contributed by atoms with van der Waals surface area (Å²) in [5.41, 5.74) is 0. The second-order valence-electron chi connectivity index (χ2n) is 3.76. The van der Waals surface area contributed by atoms with Crippen LogP contribution in [-0.4, -0.2) is 14.7 Å². The van der Waals surface area contributed by atoms with Gasteiger partial charge in [0.15, 0.2) is 0 Å². The zero-order valence-corrected chi connectivity index (χ0v) is 9.11. The Labute approximate surface area is 85.8 Å². The Bertz CT molecular complexity index is 258. The molecule has 0 aromatic carbocycles. The Morgan fingerprint density at radius 3 is 2.79 bits per heavy atom. The van der Waals surface area contributed by atoms with E-state index in [-0.39, 0.29) is 0 Å². The van der Waals surface area contributed by atoms with Gasteiger partial charge in [0.1, 0.15) is 11.9 Å². The van der Waals surface area contributed by atoms with Crippen molar-refractivity contribution in [2.24, 2.45) is 7.05 Å². The Morgan fingerprint density at radius 1 is 1.43 bits per heavy atom. The molecule has 80 valence electrons. The standard InChI is InChI=1S/C11H20N2O/c1-3-4-5-6-7-10(14)11-12-8-9-13(11)2/h8-10,14H,3-7H2,1-2H3. The maximum atomic E-state index is 9.81. The average molecular weight is 196 g/mol. The lowest BCUT2D eigenvalue weighted by molar-refractivity contribution is 0.150. The number of aliphatic hydroxyl groups excluding tert-OH is 1. The number of hydrogen-bond acceptors (Lipinski definition) is 2. The number of aryl methyl sites for hydroxylation is 1. The van der Waals surface area contributed by atoms with Crippen LogP contribution in [0.4, 0.5) is 0 Å². The molecule has 1 aromatic rings. The molecule has 0 aliphatic carbocycles. The Kier molecular flexibility index (Phi) is 4.66. The molecular weight excluding hydrogens is 176 g/mol. The van der Waals surface area contributed by atoms with Gasteiger partial charge in [-0.2, -0.15) is 0 Å². The summed E-state index contributed by atoms with van der Waals surface area (Å²) in [5, 5.41) is 9.81. The van der Waals surface area contributed by atoms with Crippen LogP contribution in [0.1, 0.15) is 51.0 Å². The molecule has 0 saturated carbocycles. The van der Waals surface area contributed by atoms with E-state index in [1.54, 1.807) is 6.20 Å². The highest BCUT2D eigenvalue weighted by molar-refractivity contribution is 4.94. The molecule has 1 rings (SSSR count). The molecular formula is C11H20N2O. The second-order valence-corrected chi connectivity index (χ2v) is 3.76. The number of rotatable bonds is 6. The molecule has 14 heavy (non-hydrogen) atoms. The molecule has 1 N–H and O–H groups in total. The van der Waals surface area contributed by atoms with E-state index in [0.717, 1.165) is 18.7 Å². The van der Waals surface area contributed by atoms with Gasteiger partial charge in [-0.3, -0.25) is 0 Å². The number of hydrogen-bond donors (Lipinski definition) is 1. The Hall–Kier alpha value is -0.830. The molecule has 0 aliphatic rings. The summed E-state index contributed by atoms with van der Waals surface area (Å²) in [6.45, 7) is 2.19. The van der Waals surface area contributed by atoms with Crippen LogP contribution in [-0.2, 0) is 7.05 Å². The van der Waals surface area contributed by atoms with Crippen molar-refractivity contribution in [2.45, 2.75) is 45.1 Å². The first-order valence-corrected chi connectivity index (χ1v) is 5.41. The lowest BCUT2D eigenvalue weighted by atomic mass is 10.1. The third-order valence-corrected chi connectivity index (χ3v) is 2.49. The molecule has 1 heterocycles. The predicted molar refractivity (Wildman–Crippen MR) is 56.9 cm³/mol. The van der Waals surface area contributed by atoms with Crippen LogP contribution < -0.4 is 0 Å². The molecule has 1 unspecified atom stereocenters. The average Bonchev–Trinajstić information content (AvgIpc) is 2.59. The lowest BCUT2D eigenvalue weighted by Gasteiger charge is -2.09. The van der Waals surface area contributed by atoms with Gasteiger partial charge in [0.25, 0.3) is 0 Å². The monoisotopic (exact) mass is 196 g/mol. The van der Waals surface area contributed by atoms with Crippen molar-refractivity contribution in [3.05, 3.63) is 18.2 Å². The fourth-order valence-corrected chi connectivity index (χ4v) is 1.59. The van der Waals surface area contributed by atoms with Gasteiger partial charge in [-0.1, -0.05) is 32.6 Å². The van der Waals surface area contributed by atoms with Gasteiger partial charge in [0, 0.05) is 19.4 Å². The maximum Gasteiger partial charge on any atom is 0.137 e. The molecule has 3 heteroatoms. The molecule has 0 amide bonds. The van der Waals surface area contributed by atoms with Gasteiger partial charge in [-0.15, -0.1) is 0 Å². The SMILES string of the molecule is CCCCCCC(O)c1nccn1C. The summed E-state index contributed by atoms with van der Waals surface area (Å²) in [6.07, 6.45) is 8.80. The first kappa shape index (κ1) is 11.2. The smallest absolute Gasteiger partial charge is 0.137 e. The van der Waals surface area contributed by atoms with Crippen LogP contribution >= 0.6 is 0 Å². The van der Waals surface area contributed by atoms with E-state index in [1.807, 2.05) is 17.8 Å². The highest BCUT2D eigenvalue weighted by Crippen LogP contribution is 2.17. The van der Waals surface area contributed by atoms with Crippen molar-refractivity contribution in [3.8, 4) is 0 Å². The predicted octanol–water partition coefficient (Wildman–Crippen LogP) is 2.42. The highest BCUT2D eigenvalue weighted by atomic mass is 16.3. The maximum absolute atomic E-state index is 9.81. The van der Waals surface area contributed by atoms with Crippen molar-refractivity contribution >= 4 is 0 Å². The van der Waals surface area contributed by atoms with Gasteiger partial charge in [-0.25, -0.2) is 4.98 Å². The van der Waals surface area contributed by atoms with Crippen molar-refractivity contribution in [1.82, 2.24) is 9.55 Å². The van der Waals surface area contributed by atoms with Crippen molar-refractivity contribution in [2.75, 3.05) is 0 Å². The zero-order chi connectivity index (χ0) is 10.4. The number of aromatic nitrogens is 2. The quantitative estimate of drug-likeness (QED) is 0.709. The molecule has 0 fully saturated rings. The topological polar surface area (TPSA) is 38.1 Å². The molecule has 3 nitrogen and oxygen atoms in total. The molecule has 0 radical (unpaired) electrons. The van der Waals surface area contributed by atoms with Gasteiger partial charge in [-0.05, 0) is 6.42 Å². The van der Waals surface area contributed by atoms with E-state index in [4.69, 9.17) is 0 Å². The largest absolute Gasteiger partial charge is 0.385 e. The minimum atomic E-state index is -0.396. The summed E-state index contributed by atoms with van der Waals surface area (Å²) >= 11 is 0. The lowest BCUT2D eigenvalue weighted by Crippen LogP contribution is -2.05. The summed E-state index contributed by atoms with van der Waals surface area (Å²) in [7, 11) is 1.91. The molecule has 0 saturated heterocycles. The molecule has 0 aliphatic heterocycles. The minimum absolute atomic E-state index is 0.396. The van der Waals surface area contributed by atoms with Crippen molar-refractivity contribution in [3.63, 3.8) is 0 Å². The van der Waals surface area contributed by atoms with Crippen LogP contribution in [0, 0.1) is 0 Å². The first-order chi connectivity index (χ1) is 6.75. The van der Waals surface area contributed by atoms with Crippen molar-refractivity contribution in [1.29, 1.82) is 0 Å². The van der Waals surface area contributed by atoms with Gasteiger partial charge in [0.2, 0.25) is 0 Å². The number of imidazole rings is 1. The normalized spacial score (nSPS) is 13.1. The van der Waals surface area contributed by atoms with Gasteiger partial charge in [0.05, 0.1) is 0 Å². The number of unbranched alkanes of at least 4 members (excludes halogenated alkanes) is 3. The van der Waals surface area contributed by atoms with Crippen LogP contribution in [0.5, 0.6) is 0 Å². The van der Waals surface area contributed by atoms with E-state index in [0.29, 0.717) is 0 Å². The minimum Gasteiger partial charge on any atom is -0.385 e. The Morgan fingerprint density at radius 2 is 2.21 bits per heavy atom. The van der Waals surface area contributed by atoms with E-state index in [9.17, 15) is 5.11 Å². The summed E-state index contributed by atoms with van der Waals surface area (Å²) in [6, 6.07) is 0. The third-order valence-electron chi connectivity index (χ3n) is 2.49.